The normalized spacial score (nSPS) is 20.5. The zero-order valence-electron chi connectivity index (χ0n) is 17.7. The summed E-state index contributed by atoms with van der Waals surface area (Å²) < 4.78 is 28.0. The smallest absolute Gasteiger partial charge is 0.243 e. The van der Waals surface area contributed by atoms with Crippen molar-refractivity contribution in [3.63, 3.8) is 0 Å². The summed E-state index contributed by atoms with van der Waals surface area (Å²) in [5.41, 5.74) is 2.82. The van der Waals surface area contributed by atoms with E-state index in [-0.39, 0.29) is 11.9 Å². The van der Waals surface area contributed by atoms with E-state index >= 15 is 0 Å². The highest BCUT2D eigenvalue weighted by atomic mass is 32.2. The minimum atomic E-state index is -3.55. The Morgan fingerprint density at radius 1 is 1.23 bits per heavy atom. The summed E-state index contributed by atoms with van der Waals surface area (Å²) in [5, 5.41) is 3.23. The van der Waals surface area contributed by atoms with Crippen molar-refractivity contribution in [3.8, 4) is 0 Å². The molecular formula is C21H28N4O3S2. The van der Waals surface area contributed by atoms with E-state index in [1.807, 2.05) is 6.92 Å². The Bertz CT molecular complexity index is 1040. The van der Waals surface area contributed by atoms with Gasteiger partial charge in [0.05, 0.1) is 15.6 Å². The van der Waals surface area contributed by atoms with Crippen LogP contribution >= 0.6 is 11.3 Å². The second-order valence-corrected chi connectivity index (χ2v) is 10.9. The molecule has 3 heterocycles. The number of amides is 1. The summed E-state index contributed by atoms with van der Waals surface area (Å²) in [4.78, 5) is 20.9. The highest BCUT2D eigenvalue weighted by molar-refractivity contribution is 7.89. The lowest BCUT2D eigenvalue weighted by molar-refractivity contribution is -0.116. The summed E-state index contributed by atoms with van der Waals surface area (Å²) in [6, 6.07) is 5.21. The molecule has 7 nitrogen and oxygen atoms in total. The van der Waals surface area contributed by atoms with Gasteiger partial charge in [0.25, 0.3) is 0 Å². The van der Waals surface area contributed by atoms with Crippen LogP contribution in [-0.2, 0) is 34.2 Å². The number of carbonyl (C=O) groups is 1. The molecule has 2 aromatic rings. The summed E-state index contributed by atoms with van der Waals surface area (Å²) in [6.45, 7) is 8.73. The first kappa shape index (κ1) is 21.4. The van der Waals surface area contributed by atoms with Crippen molar-refractivity contribution >= 4 is 33.0 Å². The standard InChI is InChI=1S/C21H28N4O3S2/c1-4-21-22-18(14-29-21)13-23-7-9-24(10-8-23)30(27,28)19-5-6-20-17(12-19)11-15(2)25(20)16(3)26/h5-6,12,14-15H,4,7-11,13H2,1-3H3. The molecule has 0 saturated carbocycles. The van der Waals surface area contributed by atoms with Crippen LogP contribution in [-0.4, -0.2) is 60.7 Å². The van der Waals surface area contributed by atoms with Gasteiger partial charge in [-0.15, -0.1) is 11.3 Å². The van der Waals surface area contributed by atoms with E-state index in [1.54, 1.807) is 45.7 Å². The first-order valence-electron chi connectivity index (χ1n) is 10.4. The van der Waals surface area contributed by atoms with E-state index in [1.165, 1.54) is 0 Å². The Kier molecular flexibility index (Phi) is 5.98. The van der Waals surface area contributed by atoms with E-state index in [4.69, 9.17) is 0 Å². The molecule has 1 aromatic carbocycles. The number of hydrogen-bond acceptors (Lipinski definition) is 6. The molecule has 1 unspecified atom stereocenters. The van der Waals surface area contributed by atoms with Gasteiger partial charge in [-0.25, -0.2) is 13.4 Å². The SMILES string of the molecule is CCc1nc(CN2CCN(S(=O)(=O)c3ccc4c(c3)CC(C)N4C(C)=O)CC2)cs1. The van der Waals surface area contributed by atoms with Crippen LogP contribution in [0, 0.1) is 0 Å². The average Bonchev–Trinajstić information content (AvgIpc) is 3.30. The van der Waals surface area contributed by atoms with Crippen molar-refractivity contribution in [1.82, 2.24) is 14.2 Å². The highest BCUT2D eigenvalue weighted by Gasteiger charge is 2.33. The Labute approximate surface area is 182 Å². The summed E-state index contributed by atoms with van der Waals surface area (Å²) >= 11 is 1.68. The number of sulfonamides is 1. The summed E-state index contributed by atoms with van der Waals surface area (Å²) in [7, 11) is -3.55. The number of aromatic nitrogens is 1. The zero-order chi connectivity index (χ0) is 21.5. The van der Waals surface area contributed by atoms with Crippen molar-refractivity contribution in [2.75, 3.05) is 31.1 Å². The first-order chi connectivity index (χ1) is 14.3. The van der Waals surface area contributed by atoms with E-state index in [0.717, 1.165) is 34.9 Å². The molecule has 4 rings (SSSR count). The average molecular weight is 449 g/mol. The minimum Gasteiger partial charge on any atom is -0.309 e. The lowest BCUT2D eigenvalue weighted by Crippen LogP contribution is -2.48. The van der Waals surface area contributed by atoms with Gasteiger partial charge in [-0.05, 0) is 43.5 Å². The molecule has 30 heavy (non-hydrogen) atoms. The molecule has 0 spiro atoms. The van der Waals surface area contributed by atoms with E-state index < -0.39 is 10.0 Å². The van der Waals surface area contributed by atoms with Crippen LogP contribution in [0.25, 0.3) is 0 Å². The number of hydrogen-bond donors (Lipinski definition) is 0. The summed E-state index contributed by atoms with van der Waals surface area (Å²) in [6.07, 6.45) is 1.62. The molecule has 2 aliphatic heterocycles. The lowest BCUT2D eigenvalue weighted by atomic mass is 10.1. The maximum absolute atomic E-state index is 13.2. The molecule has 1 atom stereocenters. The Hall–Kier alpha value is -1.81. The number of carbonyl (C=O) groups excluding carboxylic acids is 1. The molecule has 1 amide bonds. The van der Waals surface area contributed by atoms with Crippen LogP contribution < -0.4 is 4.90 Å². The van der Waals surface area contributed by atoms with Crippen LogP contribution in [0.3, 0.4) is 0 Å². The fourth-order valence-corrected chi connectivity index (χ4v) is 6.55. The minimum absolute atomic E-state index is 0.0147. The largest absolute Gasteiger partial charge is 0.309 e. The van der Waals surface area contributed by atoms with Gasteiger partial charge in [0.15, 0.2) is 0 Å². The first-order valence-corrected chi connectivity index (χ1v) is 12.7. The molecule has 0 bridgehead atoms. The Morgan fingerprint density at radius 3 is 2.60 bits per heavy atom. The van der Waals surface area contributed by atoms with Crippen molar-refractivity contribution in [3.05, 3.63) is 39.8 Å². The molecular weight excluding hydrogens is 420 g/mol. The summed E-state index contributed by atoms with van der Waals surface area (Å²) in [5.74, 6) is -0.0147. The number of aryl methyl sites for hydroxylation is 1. The van der Waals surface area contributed by atoms with E-state index in [9.17, 15) is 13.2 Å². The van der Waals surface area contributed by atoms with Crippen molar-refractivity contribution < 1.29 is 13.2 Å². The van der Waals surface area contributed by atoms with Gasteiger partial charge in [-0.1, -0.05) is 6.92 Å². The second-order valence-electron chi connectivity index (χ2n) is 8.00. The number of thiazole rings is 1. The number of fused-ring (bicyclic) bond motifs is 1. The van der Waals surface area contributed by atoms with Crippen molar-refractivity contribution in [1.29, 1.82) is 0 Å². The topological polar surface area (TPSA) is 73.8 Å². The third kappa shape index (κ3) is 4.03. The molecule has 0 N–H and O–H groups in total. The Balaban J connectivity index is 1.44. The van der Waals surface area contributed by atoms with Gasteiger partial charge in [0.1, 0.15) is 0 Å². The number of nitrogens with zero attached hydrogens (tertiary/aromatic N) is 4. The maximum Gasteiger partial charge on any atom is 0.243 e. The van der Waals surface area contributed by atoms with Gasteiger partial charge in [-0.3, -0.25) is 9.69 Å². The molecule has 1 aromatic heterocycles. The number of benzene rings is 1. The monoisotopic (exact) mass is 448 g/mol. The second kappa shape index (κ2) is 8.37. The van der Waals surface area contributed by atoms with Crippen LogP contribution in [0.2, 0.25) is 0 Å². The molecule has 2 aliphatic rings. The van der Waals surface area contributed by atoms with Crippen LogP contribution in [0.5, 0.6) is 0 Å². The van der Waals surface area contributed by atoms with E-state index in [2.05, 4.69) is 22.2 Å². The van der Waals surface area contributed by atoms with Gasteiger partial charge < -0.3 is 4.90 Å². The van der Waals surface area contributed by atoms with Crippen LogP contribution in [0.4, 0.5) is 5.69 Å². The van der Waals surface area contributed by atoms with Crippen LogP contribution in [0.15, 0.2) is 28.5 Å². The number of anilines is 1. The Morgan fingerprint density at radius 2 is 1.97 bits per heavy atom. The molecule has 1 fully saturated rings. The highest BCUT2D eigenvalue weighted by Crippen LogP contribution is 2.34. The lowest BCUT2D eigenvalue weighted by Gasteiger charge is -2.33. The molecule has 1 saturated heterocycles. The van der Waals surface area contributed by atoms with E-state index in [0.29, 0.717) is 37.5 Å². The van der Waals surface area contributed by atoms with Gasteiger partial charge >= 0.3 is 0 Å². The third-order valence-electron chi connectivity index (χ3n) is 5.86. The molecule has 9 heteroatoms. The van der Waals surface area contributed by atoms with Gasteiger partial charge in [0, 0.05) is 56.8 Å². The number of piperazine rings is 1. The van der Waals surface area contributed by atoms with Crippen molar-refractivity contribution in [2.24, 2.45) is 0 Å². The predicted molar refractivity (Wildman–Crippen MR) is 118 cm³/mol. The molecule has 0 radical (unpaired) electrons. The number of rotatable bonds is 5. The van der Waals surface area contributed by atoms with Gasteiger partial charge in [0.2, 0.25) is 15.9 Å². The fourth-order valence-electron chi connectivity index (χ4n) is 4.34. The predicted octanol–water partition coefficient (Wildman–Crippen LogP) is 2.51. The molecule has 0 aliphatic carbocycles. The van der Waals surface area contributed by atoms with Crippen molar-refractivity contribution in [2.45, 2.75) is 51.1 Å². The van der Waals surface area contributed by atoms with Crippen LogP contribution in [0.1, 0.15) is 37.0 Å². The zero-order valence-corrected chi connectivity index (χ0v) is 19.3. The maximum atomic E-state index is 13.2. The quantitative estimate of drug-likeness (QED) is 0.703. The van der Waals surface area contributed by atoms with Gasteiger partial charge in [-0.2, -0.15) is 4.31 Å². The fraction of sp³-hybridized carbons (Fsp3) is 0.524. The third-order valence-corrected chi connectivity index (χ3v) is 8.80. The molecule has 162 valence electrons.